The van der Waals surface area contributed by atoms with Gasteiger partial charge in [-0.25, -0.2) is 0 Å². The first-order chi connectivity index (χ1) is 9.96. The SMILES string of the molecule is CC(C)CC(C)(O)CNCc1ccc(-c2ccccc2)s1. The zero-order chi connectivity index (χ0) is 15.3. The van der Waals surface area contributed by atoms with Gasteiger partial charge in [0.05, 0.1) is 5.60 Å². The van der Waals surface area contributed by atoms with Gasteiger partial charge in [0.2, 0.25) is 0 Å². The van der Waals surface area contributed by atoms with E-state index in [0.717, 1.165) is 13.0 Å². The average Bonchev–Trinajstić information content (AvgIpc) is 2.87. The van der Waals surface area contributed by atoms with E-state index in [0.29, 0.717) is 12.5 Å². The molecule has 21 heavy (non-hydrogen) atoms. The van der Waals surface area contributed by atoms with E-state index in [-0.39, 0.29) is 0 Å². The monoisotopic (exact) mass is 303 g/mol. The highest BCUT2D eigenvalue weighted by molar-refractivity contribution is 7.15. The molecule has 2 aromatic rings. The summed E-state index contributed by atoms with van der Waals surface area (Å²) in [5.41, 5.74) is 0.633. The molecule has 114 valence electrons. The summed E-state index contributed by atoms with van der Waals surface area (Å²) in [6.07, 6.45) is 0.819. The molecule has 1 aromatic carbocycles. The molecule has 0 aliphatic rings. The number of thiophene rings is 1. The molecule has 3 heteroatoms. The molecule has 0 aliphatic carbocycles. The normalized spacial score (nSPS) is 14.3. The molecule has 0 bridgehead atoms. The summed E-state index contributed by atoms with van der Waals surface area (Å²) in [7, 11) is 0. The Bertz CT molecular complexity index is 545. The number of hydrogen-bond donors (Lipinski definition) is 2. The van der Waals surface area contributed by atoms with Crippen molar-refractivity contribution >= 4 is 11.3 Å². The topological polar surface area (TPSA) is 32.3 Å². The fourth-order valence-corrected chi connectivity index (χ4v) is 3.62. The Morgan fingerprint density at radius 1 is 1.14 bits per heavy atom. The lowest BCUT2D eigenvalue weighted by Crippen LogP contribution is -2.38. The van der Waals surface area contributed by atoms with Crippen LogP contribution in [-0.2, 0) is 6.54 Å². The van der Waals surface area contributed by atoms with Gasteiger partial charge >= 0.3 is 0 Å². The van der Waals surface area contributed by atoms with Crippen molar-refractivity contribution in [2.75, 3.05) is 6.54 Å². The van der Waals surface area contributed by atoms with Crippen LogP contribution in [0.25, 0.3) is 10.4 Å². The van der Waals surface area contributed by atoms with Crippen molar-refractivity contribution in [1.29, 1.82) is 0 Å². The Morgan fingerprint density at radius 3 is 2.52 bits per heavy atom. The summed E-state index contributed by atoms with van der Waals surface area (Å²) < 4.78 is 0. The van der Waals surface area contributed by atoms with Gasteiger partial charge in [-0.05, 0) is 37.0 Å². The second-order valence-electron chi connectivity index (χ2n) is 6.33. The van der Waals surface area contributed by atoms with Crippen LogP contribution in [0.3, 0.4) is 0 Å². The fraction of sp³-hybridized carbons (Fsp3) is 0.444. The van der Waals surface area contributed by atoms with Crippen molar-refractivity contribution in [1.82, 2.24) is 5.32 Å². The van der Waals surface area contributed by atoms with Gasteiger partial charge in [0.25, 0.3) is 0 Å². The van der Waals surface area contributed by atoms with Crippen molar-refractivity contribution in [3.05, 3.63) is 47.3 Å². The second kappa shape index (κ2) is 7.21. The van der Waals surface area contributed by atoms with Crippen LogP contribution < -0.4 is 5.32 Å². The first-order valence-electron chi connectivity index (χ1n) is 7.53. The van der Waals surface area contributed by atoms with Crippen LogP contribution in [-0.4, -0.2) is 17.3 Å². The molecule has 2 N–H and O–H groups in total. The number of benzene rings is 1. The maximum atomic E-state index is 10.3. The van der Waals surface area contributed by atoms with E-state index in [2.05, 4.69) is 55.6 Å². The maximum Gasteiger partial charge on any atom is 0.0746 e. The van der Waals surface area contributed by atoms with Gasteiger partial charge in [0, 0.05) is 22.8 Å². The second-order valence-corrected chi connectivity index (χ2v) is 7.50. The predicted octanol–water partition coefficient (Wildman–Crippen LogP) is 4.30. The molecule has 0 radical (unpaired) electrons. The lowest BCUT2D eigenvalue weighted by atomic mass is 9.94. The molecule has 0 saturated heterocycles. The molecule has 0 fully saturated rings. The quantitative estimate of drug-likeness (QED) is 0.799. The average molecular weight is 303 g/mol. The zero-order valence-electron chi connectivity index (χ0n) is 13.1. The van der Waals surface area contributed by atoms with Gasteiger partial charge in [-0.1, -0.05) is 44.2 Å². The Hall–Kier alpha value is -1.16. The van der Waals surface area contributed by atoms with Crippen LogP contribution in [0.4, 0.5) is 0 Å². The summed E-state index contributed by atoms with van der Waals surface area (Å²) in [5.74, 6) is 0.508. The lowest BCUT2D eigenvalue weighted by Gasteiger charge is -2.25. The Balaban J connectivity index is 1.86. The van der Waals surface area contributed by atoms with Crippen LogP contribution in [0.15, 0.2) is 42.5 Å². The number of aliphatic hydroxyl groups is 1. The van der Waals surface area contributed by atoms with E-state index in [9.17, 15) is 5.11 Å². The Labute approximate surface area is 131 Å². The van der Waals surface area contributed by atoms with Crippen LogP contribution in [0.5, 0.6) is 0 Å². The molecule has 0 amide bonds. The third-order valence-corrected chi connectivity index (χ3v) is 4.51. The summed E-state index contributed by atoms with van der Waals surface area (Å²) in [4.78, 5) is 2.59. The van der Waals surface area contributed by atoms with E-state index in [1.54, 1.807) is 11.3 Å². The molecule has 1 atom stereocenters. The molecule has 0 aliphatic heterocycles. The van der Waals surface area contributed by atoms with Gasteiger partial charge in [0.15, 0.2) is 0 Å². The van der Waals surface area contributed by atoms with E-state index < -0.39 is 5.60 Å². The van der Waals surface area contributed by atoms with E-state index in [4.69, 9.17) is 0 Å². The standard InChI is InChI=1S/C18H25NOS/c1-14(2)11-18(3,20)13-19-12-16-9-10-17(21-16)15-7-5-4-6-8-15/h4-10,14,19-20H,11-13H2,1-3H3. The maximum absolute atomic E-state index is 10.3. The lowest BCUT2D eigenvalue weighted by molar-refractivity contribution is 0.0384. The van der Waals surface area contributed by atoms with Gasteiger partial charge < -0.3 is 10.4 Å². The zero-order valence-corrected chi connectivity index (χ0v) is 13.9. The highest BCUT2D eigenvalue weighted by Crippen LogP contribution is 2.27. The van der Waals surface area contributed by atoms with Crippen molar-refractivity contribution < 1.29 is 5.11 Å². The van der Waals surface area contributed by atoms with E-state index >= 15 is 0 Å². The number of rotatable bonds is 7. The molecule has 0 spiro atoms. The fourth-order valence-electron chi connectivity index (χ4n) is 2.64. The Morgan fingerprint density at radius 2 is 1.86 bits per heavy atom. The molecular weight excluding hydrogens is 278 g/mol. The highest BCUT2D eigenvalue weighted by Gasteiger charge is 2.21. The molecule has 1 unspecified atom stereocenters. The third-order valence-electron chi connectivity index (χ3n) is 3.37. The first-order valence-corrected chi connectivity index (χ1v) is 8.35. The molecular formula is C18H25NOS. The first kappa shape index (κ1) is 16.2. The molecule has 2 rings (SSSR count). The molecule has 1 aromatic heterocycles. The minimum atomic E-state index is -0.631. The van der Waals surface area contributed by atoms with Crippen molar-refractivity contribution in [2.24, 2.45) is 5.92 Å². The molecule has 1 heterocycles. The highest BCUT2D eigenvalue weighted by atomic mass is 32.1. The summed E-state index contributed by atoms with van der Waals surface area (Å²) >= 11 is 1.81. The van der Waals surface area contributed by atoms with Gasteiger partial charge in [-0.3, -0.25) is 0 Å². The van der Waals surface area contributed by atoms with Gasteiger partial charge in [0.1, 0.15) is 0 Å². The summed E-state index contributed by atoms with van der Waals surface area (Å²) in [6, 6.07) is 14.8. The summed E-state index contributed by atoms with van der Waals surface area (Å²) in [5, 5.41) is 13.7. The van der Waals surface area contributed by atoms with Crippen LogP contribution in [0.1, 0.15) is 32.1 Å². The van der Waals surface area contributed by atoms with Crippen LogP contribution >= 0.6 is 11.3 Å². The van der Waals surface area contributed by atoms with E-state index in [1.165, 1.54) is 15.3 Å². The number of nitrogens with one attached hydrogen (secondary N) is 1. The van der Waals surface area contributed by atoms with Crippen molar-refractivity contribution in [3.63, 3.8) is 0 Å². The number of hydrogen-bond acceptors (Lipinski definition) is 3. The predicted molar refractivity (Wildman–Crippen MR) is 91.5 cm³/mol. The van der Waals surface area contributed by atoms with Crippen LogP contribution in [0.2, 0.25) is 0 Å². The van der Waals surface area contributed by atoms with Crippen LogP contribution in [0, 0.1) is 5.92 Å². The summed E-state index contributed by atoms with van der Waals surface area (Å²) in [6.45, 7) is 7.62. The third kappa shape index (κ3) is 5.27. The molecule has 0 saturated carbocycles. The Kier molecular flexibility index (Phi) is 5.57. The largest absolute Gasteiger partial charge is 0.389 e. The van der Waals surface area contributed by atoms with Gasteiger partial charge in [-0.15, -0.1) is 11.3 Å². The van der Waals surface area contributed by atoms with Crippen molar-refractivity contribution in [3.8, 4) is 10.4 Å². The van der Waals surface area contributed by atoms with Crippen molar-refractivity contribution in [2.45, 2.75) is 39.3 Å². The van der Waals surface area contributed by atoms with Gasteiger partial charge in [-0.2, -0.15) is 0 Å². The van der Waals surface area contributed by atoms with E-state index in [1.807, 2.05) is 13.0 Å². The minimum absolute atomic E-state index is 0.508. The minimum Gasteiger partial charge on any atom is -0.389 e. The smallest absolute Gasteiger partial charge is 0.0746 e. The molecule has 2 nitrogen and oxygen atoms in total.